The molecule has 0 bridgehead atoms. The summed E-state index contributed by atoms with van der Waals surface area (Å²) >= 11 is 1.69. The van der Waals surface area contributed by atoms with E-state index in [0.29, 0.717) is 5.92 Å². The van der Waals surface area contributed by atoms with Crippen molar-refractivity contribution in [2.24, 2.45) is 0 Å². The summed E-state index contributed by atoms with van der Waals surface area (Å²) in [5, 5.41) is 3.38. The Bertz CT molecular complexity index is 786. The van der Waals surface area contributed by atoms with Gasteiger partial charge in [-0.1, -0.05) is 38.1 Å². The van der Waals surface area contributed by atoms with Crippen LogP contribution in [0.3, 0.4) is 0 Å². The second-order valence-corrected chi connectivity index (χ2v) is 6.83. The number of hydrogen-bond acceptors (Lipinski definition) is 4. The molecule has 4 heteroatoms. The maximum absolute atomic E-state index is 4.57. The minimum Gasteiger partial charge on any atom is -0.357 e. The molecule has 3 aromatic rings. The van der Waals surface area contributed by atoms with Crippen molar-refractivity contribution < 1.29 is 0 Å². The van der Waals surface area contributed by atoms with Gasteiger partial charge in [-0.15, -0.1) is 11.3 Å². The quantitative estimate of drug-likeness (QED) is 0.635. The zero-order valence-electron chi connectivity index (χ0n) is 14.2. The van der Waals surface area contributed by atoms with E-state index in [1.165, 1.54) is 22.1 Å². The molecule has 3 nitrogen and oxygen atoms in total. The van der Waals surface area contributed by atoms with E-state index < -0.39 is 0 Å². The second kappa shape index (κ2) is 6.67. The molecule has 0 aliphatic carbocycles. The molecule has 0 saturated heterocycles. The van der Waals surface area contributed by atoms with E-state index in [1.54, 1.807) is 17.7 Å². The van der Waals surface area contributed by atoms with E-state index in [2.05, 4.69) is 72.2 Å². The van der Waals surface area contributed by atoms with Crippen molar-refractivity contribution in [1.82, 2.24) is 9.97 Å². The number of fused-ring (bicyclic) bond motifs is 1. The summed E-state index contributed by atoms with van der Waals surface area (Å²) in [6.45, 7) is 10.7. The minimum atomic E-state index is 0.554. The average molecular weight is 325 g/mol. The molecule has 2 heterocycles. The molecule has 0 saturated carbocycles. The first-order valence-corrected chi connectivity index (χ1v) is 9.11. The van der Waals surface area contributed by atoms with Gasteiger partial charge in [0.25, 0.3) is 0 Å². The van der Waals surface area contributed by atoms with E-state index in [0.717, 1.165) is 23.7 Å². The van der Waals surface area contributed by atoms with Crippen LogP contribution in [0, 0.1) is 0 Å². The van der Waals surface area contributed by atoms with Crippen molar-refractivity contribution in [3.05, 3.63) is 41.5 Å². The number of benzene rings is 1. The zero-order chi connectivity index (χ0) is 16.4. The molecule has 0 unspecified atom stereocenters. The number of thiophene rings is 1. The molecule has 3 rings (SSSR count). The predicted octanol–water partition coefficient (Wildman–Crippen LogP) is 5.33. The fourth-order valence-corrected chi connectivity index (χ4v) is 3.79. The molecule has 0 radical (unpaired) electrons. The fourth-order valence-electron chi connectivity index (χ4n) is 2.88. The predicted molar refractivity (Wildman–Crippen MR) is 101 cm³/mol. The van der Waals surface area contributed by atoms with Gasteiger partial charge in [0, 0.05) is 24.0 Å². The van der Waals surface area contributed by atoms with Gasteiger partial charge in [0.1, 0.15) is 17.0 Å². The molecule has 0 aliphatic rings. The second-order valence-electron chi connectivity index (χ2n) is 5.98. The number of hydrogen-bond donors (Lipinski definition) is 0. The first kappa shape index (κ1) is 15.9. The molecule has 0 aliphatic heterocycles. The van der Waals surface area contributed by atoms with Crippen molar-refractivity contribution >= 4 is 27.4 Å². The summed E-state index contributed by atoms with van der Waals surface area (Å²) in [5.41, 5.74) is 3.85. The summed E-state index contributed by atoms with van der Waals surface area (Å²) in [4.78, 5) is 12.4. The molecule has 1 aromatic carbocycles. The Morgan fingerprint density at radius 2 is 1.74 bits per heavy atom. The van der Waals surface area contributed by atoms with Crippen molar-refractivity contribution in [3.63, 3.8) is 0 Å². The normalized spacial score (nSPS) is 11.3. The molecular weight excluding hydrogens is 302 g/mol. The van der Waals surface area contributed by atoms with Gasteiger partial charge in [-0.2, -0.15) is 0 Å². The van der Waals surface area contributed by atoms with Gasteiger partial charge >= 0.3 is 0 Å². The lowest BCUT2D eigenvalue weighted by Crippen LogP contribution is -2.23. The van der Waals surface area contributed by atoms with Crippen molar-refractivity contribution in [2.45, 2.75) is 33.6 Å². The average Bonchev–Trinajstić information content (AvgIpc) is 3.01. The molecule has 0 amide bonds. The van der Waals surface area contributed by atoms with Crippen LogP contribution in [0.4, 0.5) is 5.82 Å². The zero-order valence-corrected chi connectivity index (χ0v) is 15.0. The van der Waals surface area contributed by atoms with Crippen LogP contribution in [-0.2, 0) is 0 Å². The standard InChI is InChI=1S/C19H23N3S/c1-5-22(6-2)18-17-16(11-23-19(17)21-12-20-18)15-9-7-14(8-10-15)13(3)4/h7-13H,5-6H2,1-4H3. The van der Waals surface area contributed by atoms with Crippen molar-refractivity contribution in [1.29, 1.82) is 0 Å². The van der Waals surface area contributed by atoms with Crippen LogP contribution >= 0.6 is 11.3 Å². The van der Waals surface area contributed by atoms with Gasteiger partial charge in [0.2, 0.25) is 0 Å². The molecule has 0 atom stereocenters. The fraction of sp³-hybridized carbons (Fsp3) is 0.368. The number of aromatic nitrogens is 2. The lowest BCUT2D eigenvalue weighted by atomic mass is 9.99. The molecule has 120 valence electrons. The third-order valence-corrected chi connectivity index (χ3v) is 5.19. The summed E-state index contributed by atoms with van der Waals surface area (Å²) in [6.07, 6.45) is 1.68. The van der Waals surface area contributed by atoms with E-state index in [4.69, 9.17) is 0 Å². The van der Waals surface area contributed by atoms with Gasteiger partial charge in [0.05, 0.1) is 5.39 Å². The van der Waals surface area contributed by atoms with Crippen LogP contribution < -0.4 is 4.90 Å². The van der Waals surface area contributed by atoms with Gasteiger partial charge in [0.15, 0.2) is 0 Å². The van der Waals surface area contributed by atoms with Gasteiger partial charge < -0.3 is 4.90 Å². The molecule has 0 fully saturated rings. The summed E-state index contributed by atoms with van der Waals surface area (Å²) < 4.78 is 0. The highest BCUT2D eigenvalue weighted by Crippen LogP contribution is 2.38. The summed E-state index contributed by atoms with van der Waals surface area (Å²) in [6, 6.07) is 8.89. The van der Waals surface area contributed by atoms with E-state index in [9.17, 15) is 0 Å². The van der Waals surface area contributed by atoms with E-state index in [1.807, 2.05) is 0 Å². The Morgan fingerprint density at radius 3 is 2.35 bits per heavy atom. The Hall–Kier alpha value is -1.94. The maximum Gasteiger partial charge on any atom is 0.141 e. The van der Waals surface area contributed by atoms with E-state index >= 15 is 0 Å². The van der Waals surface area contributed by atoms with Crippen molar-refractivity contribution in [3.8, 4) is 11.1 Å². The number of nitrogens with zero attached hydrogens (tertiary/aromatic N) is 3. The molecule has 0 spiro atoms. The third kappa shape index (κ3) is 2.95. The number of rotatable bonds is 5. The van der Waals surface area contributed by atoms with E-state index in [-0.39, 0.29) is 0 Å². The van der Waals surface area contributed by atoms with Crippen LogP contribution in [0.2, 0.25) is 0 Å². The lowest BCUT2D eigenvalue weighted by Gasteiger charge is -2.20. The highest BCUT2D eigenvalue weighted by Gasteiger charge is 2.16. The highest BCUT2D eigenvalue weighted by atomic mass is 32.1. The van der Waals surface area contributed by atoms with Crippen LogP contribution in [0.25, 0.3) is 21.3 Å². The summed E-state index contributed by atoms with van der Waals surface area (Å²) in [5.74, 6) is 1.60. The topological polar surface area (TPSA) is 29.0 Å². The lowest BCUT2D eigenvalue weighted by molar-refractivity contribution is 0.849. The molecule has 2 aromatic heterocycles. The Morgan fingerprint density at radius 1 is 1.04 bits per heavy atom. The molecular formula is C19H23N3S. The highest BCUT2D eigenvalue weighted by molar-refractivity contribution is 7.17. The van der Waals surface area contributed by atoms with Crippen LogP contribution in [-0.4, -0.2) is 23.1 Å². The smallest absolute Gasteiger partial charge is 0.141 e. The molecule has 0 N–H and O–H groups in total. The van der Waals surface area contributed by atoms with Crippen LogP contribution in [0.15, 0.2) is 36.0 Å². The van der Waals surface area contributed by atoms with Gasteiger partial charge in [-0.05, 0) is 30.9 Å². The first-order valence-electron chi connectivity index (χ1n) is 8.23. The largest absolute Gasteiger partial charge is 0.357 e. The maximum atomic E-state index is 4.57. The first-order chi connectivity index (χ1) is 11.2. The van der Waals surface area contributed by atoms with Crippen molar-refractivity contribution in [2.75, 3.05) is 18.0 Å². The Kier molecular flexibility index (Phi) is 4.62. The van der Waals surface area contributed by atoms with Gasteiger partial charge in [-0.3, -0.25) is 0 Å². The molecule has 23 heavy (non-hydrogen) atoms. The SMILES string of the molecule is CCN(CC)c1ncnc2scc(-c3ccc(C(C)C)cc3)c12. The van der Waals surface area contributed by atoms with Gasteiger partial charge in [-0.25, -0.2) is 9.97 Å². The summed E-state index contributed by atoms with van der Waals surface area (Å²) in [7, 11) is 0. The Labute approximate surface area is 142 Å². The van der Waals surface area contributed by atoms with Crippen LogP contribution in [0.1, 0.15) is 39.2 Å². The van der Waals surface area contributed by atoms with Crippen LogP contribution in [0.5, 0.6) is 0 Å². The number of anilines is 1. The third-order valence-electron chi connectivity index (χ3n) is 4.30. The monoisotopic (exact) mass is 325 g/mol. The minimum absolute atomic E-state index is 0.554. The Balaban J connectivity index is 2.14.